The zero-order valence-electron chi connectivity index (χ0n) is 11.6. The molecule has 0 aliphatic carbocycles. The van der Waals surface area contributed by atoms with Crippen molar-refractivity contribution >= 4 is 5.69 Å². The predicted molar refractivity (Wildman–Crippen MR) is 73.7 cm³/mol. The van der Waals surface area contributed by atoms with Gasteiger partial charge in [0.1, 0.15) is 5.82 Å². The van der Waals surface area contributed by atoms with Crippen molar-refractivity contribution in [3.05, 3.63) is 29.6 Å². The largest absolute Gasteiger partial charge is 0.390 e. The molecular weight excluding hydrogens is 245 g/mol. The lowest BCUT2D eigenvalue weighted by Gasteiger charge is -2.27. The van der Waals surface area contributed by atoms with E-state index in [1.165, 1.54) is 12.1 Å². The molecular formula is C15H22FNO2. The summed E-state index contributed by atoms with van der Waals surface area (Å²) in [6.07, 6.45) is 1.65. The monoisotopic (exact) mass is 267 g/mol. The molecule has 2 atom stereocenters. The molecule has 0 aromatic heterocycles. The maximum Gasteiger partial charge on any atom is 0.123 e. The van der Waals surface area contributed by atoms with E-state index in [9.17, 15) is 14.6 Å². The number of hydrogen-bond donors (Lipinski definition) is 2. The van der Waals surface area contributed by atoms with Gasteiger partial charge in [0.2, 0.25) is 0 Å². The summed E-state index contributed by atoms with van der Waals surface area (Å²) in [7, 11) is 0. The standard InChI is InChI=1S/C15H22FNO2/c1-11(18)13-10-12(16)4-5-14(13)17-8-3-6-15(2,19)7-9-17/h4-5,10-11,18-19H,3,6-9H2,1-2H3/t11-,15?/m1/s1. The summed E-state index contributed by atoms with van der Waals surface area (Å²) >= 11 is 0. The molecule has 0 amide bonds. The molecule has 0 spiro atoms. The summed E-state index contributed by atoms with van der Waals surface area (Å²) in [4.78, 5) is 2.13. The maximum absolute atomic E-state index is 13.3. The highest BCUT2D eigenvalue weighted by atomic mass is 19.1. The third-order valence-electron chi connectivity index (χ3n) is 3.84. The van der Waals surface area contributed by atoms with Crippen LogP contribution in [0.1, 0.15) is 44.8 Å². The van der Waals surface area contributed by atoms with Crippen LogP contribution in [0.3, 0.4) is 0 Å². The Morgan fingerprint density at radius 3 is 2.74 bits per heavy atom. The smallest absolute Gasteiger partial charge is 0.123 e. The van der Waals surface area contributed by atoms with Gasteiger partial charge in [0.25, 0.3) is 0 Å². The maximum atomic E-state index is 13.3. The van der Waals surface area contributed by atoms with Gasteiger partial charge in [-0.25, -0.2) is 4.39 Å². The van der Waals surface area contributed by atoms with Gasteiger partial charge in [-0.05, 0) is 51.3 Å². The lowest BCUT2D eigenvalue weighted by molar-refractivity contribution is 0.0481. The molecule has 106 valence electrons. The molecule has 1 aromatic rings. The summed E-state index contributed by atoms with van der Waals surface area (Å²) in [6, 6.07) is 4.53. The van der Waals surface area contributed by atoms with E-state index in [2.05, 4.69) is 4.90 Å². The van der Waals surface area contributed by atoms with Crippen LogP contribution in [0.5, 0.6) is 0 Å². The van der Waals surface area contributed by atoms with Crippen molar-refractivity contribution in [2.24, 2.45) is 0 Å². The molecule has 0 bridgehead atoms. The summed E-state index contributed by atoms with van der Waals surface area (Å²) in [5, 5.41) is 19.9. The highest BCUT2D eigenvalue weighted by molar-refractivity contribution is 5.55. The third-order valence-corrected chi connectivity index (χ3v) is 3.84. The number of anilines is 1. The Kier molecular flexibility index (Phi) is 4.11. The van der Waals surface area contributed by atoms with Crippen LogP contribution in [-0.2, 0) is 0 Å². The molecule has 2 N–H and O–H groups in total. The van der Waals surface area contributed by atoms with E-state index >= 15 is 0 Å². The van der Waals surface area contributed by atoms with Gasteiger partial charge < -0.3 is 15.1 Å². The minimum absolute atomic E-state index is 0.332. The summed E-state index contributed by atoms with van der Waals surface area (Å²) < 4.78 is 13.3. The van der Waals surface area contributed by atoms with Crippen molar-refractivity contribution in [1.29, 1.82) is 0 Å². The van der Waals surface area contributed by atoms with Crippen LogP contribution in [0.4, 0.5) is 10.1 Å². The molecule has 1 fully saturated rings. The topological polar surface area (TPSA) is 43.7 Å². The van der Waals surface area contributed by atoms with Crippen molar-refractivity contribution in [2.45, 2.75) is 44.8 Å². The van der Waals surface area contributed by atoms with Crippen molar-refractivity contribution in [3.8, 4) is 0 Å². The SMILES string of the molecule is C[C@@H](O)c1cc(F)ccc1N1CCCC(C)(O)CC1. The fraction of sp³-hybridized carbons (Fsp3) is 0.600. The molecule has 1 heterocycles. The summed E-state index contributed by atoms with van der Waals surface area (Å²) in [6.45, 7) is 5.04. The van der Waals surface area contributed by atoms with Gasteiger partial charge in [0, 0.05) is 24.3 Å². The Bertz CT molecular complexity index is 446. The minimum atomic E-state index is -0.700. The first kappa shape index (κ1) is 14.3. The van der Waals surface area contributed by atoms with Crippen LogP contribution in [0.2, 0.25) is 0 Å². The van der Waals surface area contributed by atoms with E-state index in [1.54, 1.807) is 13.0 Å². The Balaban J connectivity index is 2.26. The second-order valence-corrected chi connectivity index (χ2v) is 5.72. The lowest BCUT2D eigenvalue weighted by Crippen LogP contribution is -2.29. The van der Waals surface area contributed by atoms with Crippen molar-refractivity contribution in [1.82, 2.24) is 0 Å². The van der Waals surface area contributed by atoms with Crippen LogP contribution in [-0.4, -0.2) is 28.9 Å². The molecule has 0 saturated carbocycles. The van der Waals surface area contributed by atoms with Crippen LogP contribution in [0.15, 0.2) is 18.2 Å². The molecule has 1 aliphatic rings. The van der Waals surface area contributed by atoms with E-state index in [0.29, 0.717) is 12.0 Å². The van der Waals surface area contributed by atoms with Gasteiger partial charge in [0.05, 0.1) is 11.7 Å². The molecule has 4 heteroatoms. The van der Waals surface area contributed by atoms with E-state index in [1.807, 2.05) is 6.92 Å². The van der Waals surface area contributed by atoms with Crippen LogP contribution in [0, 0.1) is 5.82 Å². The van der Waals surface area contributed by atoms with E-state index in [4.69, 9.17) is 0 Å². The quantitative estimate of drug-likeness (QED) is 0.865. The molecule has 1 aliphatic heterocycles. The average Bonchev–Trinajstić information content (AvgIpc) is 2.50. The second-order valence-electron chi connectivity index (χ2n) is 5.72. The minimum Gasteiger partial charge on any atom is -0.390 e. The first-order chi connectivity index (χ1) is 8.89. The molecule has 2 rings (SSSR count). The van der Waals surface area contributed by atoms with Gasteiger partial charge in [-0.2, -0.15) is 0 Å². The van der Waals surface area contributed by atoms with E-state index in [0.717, 1.165) is 31.6 Å². The number of halogens is 1. The van der Waals surface area contributed by atoms with Crippen LogP contribution >= 0.6 is 0 Å². The van der Waals surface area contributed by atoms with E-state index in [-0.39, 0.29) is 5.82 Å². The number of benzene rings is 1. The van der Waals surface area contributed by atoms with Gasteiger partial charge in [-0.1, -0.05) is 0 Å². The molecule has 0 radical (unpaired) electrons. The summed E-state index contributed by atoms with van der Waals surface area (Å²) in [5.41, 5.74) is 0.857. The van der Waals surface area contributed by atoms with Gasteiger partial charge >= 0.3 is 0 Å². The molecule has 1 saturated heterocycles. The van der Waals surface area contributed by atoms with Crippen molar-refractivity contribution in [2.75, 3.05) is 18.0 Å². The van der Waals surface area contributed by atoms with Gasteiger partial charge in [-0.15, -0.1) is 0 Å². The van der Waals surface area contributed by atoms with Crippen LogP contribution in [0.25, 0.3) is 0 Å². The Morgan fingerprint density at radius 2 is 2.05 bits per heavy atom. The van der Waals surface area contributed by atoms with Crippen molar-refractivity contribution < 1.29 is 14.6 Å². The van der Waals surface area contributed by atoms with E-state index < -0.39 is 11.7 Å². The average molecular weight is 267 g/mol. The Hall–Kier alpha value is -1.13. The van der Waals surface area contributed by atoms with Gasteiger partial charge in [0.15, 0.2) is 0 Å². The predicted octanol–water partition coefficient (Wildman–Crippen LogP) is 2.62. The fourth-order valence-corrected chi connectivity index (χ4v) is 2.65. The van der Waals surface area contributed by atoms with Crippen molar-refractivity contribution in [3.63, 3.8) is 0 Å². The Morgan fingerprint density at radius 1 is 1.32 bits per heavy atom. The third kappa shape index (κ3) is 3.45. The highest BCUT2D eigenvalue weighted by Gasteiger charge is 2.26. The number of hydrogen-bond acceptors (Lipinski definition) is 3. The molecule has 1 aromatic carbocycles. The van der Waals surface area contributed by atoms with Crippen LogP contribution < -0.4 is 4.90 Å². The zero-order chi connectivity index (χ0) is 14.0. The Labute approximate surface area is 113 Å². The highest BCUT2D eigenvalue weighted by Crippen LogP contribution is 2.31. The second kappa shape index (κ2) is 5.47. The zero-order valence-corrected chi connectivity index (χ0v) is 11.6. The number of aliphatic hydroxyl groups is 2. The lowest BCUT2D eigenvalue weighted by atomic mass is 9.98. The molecule has 19 heavy (non-hydrogen) atoms. The molecule has 3 nitrogen and oxygen atoms in total. The first-order valence-corrected chi connectivity index (χ1v) is 6.84. The first-order valence-electron chi connectivity index (χ1n) is 6.84. The number of rotatable bonds is 2. The number of aliphatic hydroxyl groups excluding tert-OH is 1. The molecule has 1 unspecified atom stereocenters. The number of nitrogens with zero attached hydrogens (tertiary/aromatic N) is 1. The summed E-state index contributed by atoms with van der Waals surface area (Å²) in [5.74, 6) is -0.332. The normalized spacial score (nSPS) is 26.1. The fourth-order valence-electron chi connectivity index (χ4n) is 2.65. The van der Waals surface area contributed by atoms with Gasteiger partial charge in [-0.3, -0.25) is 0 Å².